The second-order valence-corrected chi connectivity index (χ2v) is 7.40. The molecule has 29 heavy (non-hydrogen) atoms. The van der Waals surface area contributed by atoms with E-state index in [1.165, 1.54) is 12.1 Å². The first kappa shape index (κ1) is 19.3. The Morgan fingerprint density at radius 2 is 1.72 bits per heavy atom. The number of benzene rings is 3. The van der Waals surface area contributed by atoms with E-state index in [-0.39, 0.29) is 11.7 Å². The number of nitrogens with zero attached hydrogens (tertiary/aromatic N) is 1. The van der Waals surface area contributed by atoms with Gasteiger partial charge in [0.25, 0.3) is 0 Å². The molecular weight excluding hydrogens is 391 g/mol. The second-order valence-electron chi connectivity index (χ2n) is 6.96. The van der Waals surface area contributed by atoms with Gasteiger partial charge in [-0.3, -0.25) is 4.79 Å². The highest BCUT2D eigenvalue weighted by Crippen LogP contribution is 2.30. The van der Waals surface area contributed by atoms with Crippen LogP contribution in [0, 0.1) is 5.82 Å². The summed E-state index contributed by atoms with van der Waals surface area (Å²) in [6.07, 6.45) is 0. The van der Waals surface area contributed by atoms with E-state index in [0.29, 0.717) is 18.1 Å². The zero-order valence-corrected chi connectivity index (χ0v) is 16.6. The van der Waals surface area contributed by atoms with E-state index in [1.807, 2.05) is 36.4 Å². The molecule has 1 amide bonds. The minimum atomic E-state index is -0.597. The largest absolute Gasteiger partial charge is 0.497 e. The van der Waals surface area contributed by atoms with Crippen LogP contribution in [-0.4, -0.2) is 17.9 Å². The zero-order chi connectivity index (χ0) is 20.4. The number of carbonyl (C=O) groups is 1. The number of amides is 1. The van der Waals surface area contributed by atoms with Crippen LogP contribution in [0.3, 0.4) is 0 Å². The van der Waals surface area contributed by atoms with Gasteiger partial charge in [0.2, 0.25) is 5.91 Å². The van der Waals surface area contributed by atoms with Gasteiger partial charge in [-0.15, -0.1) is 0 Å². The Balaban J connectivity index is 1.61. The van der Waals surface area contributed by atoms with Gasteiger partial charge in [-0.1, -0.05) is 29.8 Å². The standard InChI is InChI=1S/C23H20ClFN2O2/c1-29-21-10-8-20(9-11-21)26-22(15-2-5-18(24)6-3-15)23(28)27-13-16-4-7-19(25)12-17(16)14-27/h2-12,22,26H,13-14H2,1H3. The number of hydrogen-bond donors (Lipinski definition) is 1. The van der Waals surface area contributed by atoms with Gasteiger partial charge in [0, 0.05) is 23.8 Å². The van der Waals surface area contributed by atoms with Gasteiger partial charge in [0.15, 0.2) is 0 Å². The number of fused-ring (bicyclic) bond motifs is 1. The van der Waals surface area contributed by atoms with Crippen molar-refractivity contribution in [2.75, 3.05) is 12.4 Å². The normalized spacial score (nSPS) is 13.7. The summed E-state index contributed by atoms with van der Waals surface area (Å²) in [6.45, 7) is 0.850. The molecule has 0 saturated carbocycles. The van der Waals surface area contributed by atoms with Gasteiger partial charge in [-0.2, -0.15) is 0 Å². The Hall–Kier alpha value is -3.05. The molecule has 3 aromatic carbocycles. The van der Waals surface area contributed by atoms with Crippen LogP contribution in [0.2, 0.25) is 5.02 Å². The van der Waals surface area contributed by atoms with Crippen LogP contribution in [0.15, 0.2) is 66.7 Å². The van der Waals surface area contributed by atoms with E-state index >= 15 is 0 Å². The molecule has 4 nitrogen and oxygen atoms in total. The maximum absolute atomic E-state index is 13.6. The van der Waals surface area contributed by atoms with Crippen LogP contribution in [0.1, 0.15) is 22.7 Å². The number of nitrogens with one attached hydrogen (secondary N) is 1. The lowest BCUT2D eigenvalue weighted by atomic mass is 10.0. The number of rotatable bonds is 5. The molecule has 0 spiro atoms. The number of halogens is 2. The molecule has 1 aliphatic heterocycles. The van der Waals surface area contributed by atoms with Crippen molar-refractivity contribution in [2.24, 2.45) is 0 Å². The predicted molar refractivity (Wildman–Crippen MR) is 111 cm³/mol. The van der Waals surface area contributed by atoms with Crippen LogP contribution in [0.5, 0.6) is 5.75 Å². The van der Waals surface area contributed by atoms with Gasteiger partial charge in [-0.05, 0) is 65.2 Å². The SMILES string of the molecule is COc1ccc(NC(C(=O)N2Cc3ccc(F)cc3C2)c2ccc(Cl)cc2)cc1. The number of hydrogen-bond acceptors (Lipinski definition) is 3. The van der Waals surface area contributed by atoms with Gasteiger partial charge in [0.1, 0.15) is 17.6 Å². The van der Waals surface area contributed by atoms with Crippen molar-refractivity contribution >= 4 is 23.2 Å². The molecule has 0 bridgehead atoms. The Morgan fingerprint density at radius 1 is 1.03 bits per heavy atom. The third kappa shape index (κ3) is 4.20. The van der Waals surface area contributed by atoms with Crippen LogP contribution in [0.4, 0.5) is 10.1 Å². The van der Waals surface area contributed by atoms with Crippen LogP contribution in [-0.2, 0) is 17.9 Å². The molecule has 148 valence electrons. The predicted octanol–water partition coefficient (Wildman–Crippen LogP) is 5.18. The molecule has 0 aliphatic carbocycles. The number of carbonyl (C=O) groups excluding carboxylic acids is 1. The Morgan fingerprint density at radius 3 is 2.41 bits per heavy atom. The lowest BCUT2D eigenvalue weighted by molar-refractivity contribution is -0.132. The summed E-state index contributed by atoms with van der Waals surface area (Å²) >= 11 is 6.03. The minimum absolute atomic E-state index is 0.0836. The van der Waals surface area contributed by atoms with Crippen LogP contribution < -0.4 is 10.1 Å². The maximum atomic E-state index is 13.6. The molecule has 3 aromatic rings. The average Bonchev–Trinajstić information content (AvgIpc) is 3.16. The lowest BCUT2D eigenvalue weighted by Gasteiger charge is -2.25. The summed E-state index contributed by atoms with van der Waals surface area (Å²) in [4.78, 5) is 15.2. The van der Waals surface area contributed by atoms with Crippen molar-refractivity contribution in [3.63, 3.8) is 0 Å². The highest BCUT2D eigenvalue weighted by atomic mass is 35.5. The first-order valence-corrected chi connectivity index (χ1v) is 9.63. The molecule has 0 aromatic heterocycles. The molecule has 0 saturated heterocycles. The summed E-state index contributed by atoms with van der Waals surface area (Å²) in [6, 6.07) is 18.7. The van der Waals surface area contributed by atoms with Crippen molar-refractivity contribution in [1.29, 1.82) is 0 Å². The highest BCUT2D eigenvalue weighted by Gasteiger charge is 2.30. The summed E-state index contributed by atoms with van der Waals surface area (Å²) in [5, 5.41) is 3.92. The molecule has 1 unspecified atom stereocenters. The second kappa shape index (κ2) is 8.13. The van der Waals surface area contributed by atoms with Gasteiger partial charge in [-0.25, -0.2) is 4.39 Å². The summed E-state index contributed by atoms with van der Waals surface area (Å²) < 4.78 is 18.8. The third-order valence-electron chi connectivity index (χ3n) is 5.05. The third-order valence-corrected chi connectivity index (χ3v) is 5.31. The first-order valence-electron chi connectivity index (χ1n) is 9.25. The van der Waals surface area contributed by atoms with Crippen molar-refractivity contribution in [3.8, 4) is 5.75 Å². The molecule has 4 rings (SSSR count). The van der Waals surface area contributed by atoms with Crippen molar-refractivity contribution in [2.45, 2.75) is 19.1 Å². The smallest absolute Gasteiger partial charge is 0.250 e. The van der Waals surface area contributed by atoms with Gasteiger partial charge in [0.05, 0.1) is 7.11 Å². The van der Waals surface area contributed by atoms with Crippen LogP contribution >= 0.6 is 11.6 Å². The molecular formula is C23H20ClFN2O2. The molecule has 1 N–H and O–H groups in total. The van der Waals surface area contributed by atoms with Crippen molar-refractivity contribution < 1.29 is 13.9 Å². The quantitative estimate of drug-likeness (QED) is 0.629. The minimum Gasteiger partial charge on any atom is -0.497 e. The van der Waals surface area contributed by atoms with E-state index in [1.54, 1.807) is 30.2 Å². The number of anilines is 1. The topological polar surface area (TPSA) is 41.6 Å². The van der Waals surface area contributed by atoms with E-state index in [4.69, 9.17) is 16.3 Å². The average molecular weight is 411 g/mol. The Kier molecular flexibility index (Phi) is 5.41. The van der Waals surface area contributed by atoms with Crippen molar-refractivity contribution in [1.82, 2.24) is 4.90 Å². The van der Waals surface area contributed by atoms with E-state index in [2.05, 4.69) is 5.32 Å². The fourth-order valence-electron chi connectivity index (χ4n) is 3.50. The maximum Gasteiger partial charge on any atom is 0.250 e. The summed E-state index contributed by atoms with van der Waals surface area (Å²) in [7, 11) is 1.61. The molecule has 1 aliphatic rings. The molecule has 0 fully saturated rings. The molecule has 0 radical (unpaired) electrons. The molecule has 1 atom stereocenters. The van der Waals surface area contributed by atoms with Gasteiger partial charge >= 0.3 is 0 Å². The summed E-state index contributed by atoms with van der Waals surface area (Å²) in [5.74, 6) is 0.366. The fraction of sp³-hybridized carbons (Fsp3) is 0.174. The lowest BCUT2D eigenvalue weighted by Crippen LogP contribution is -2.34. The zero-order valence-electron chi connectivity index (χ0n) is 15.9. The summed E-state index contributed by atoms with van der Waals surface area (Å²) in [5.41, 5.74) is 3.41. The van der Waals surface area contributed by atoms with E-state index in [9.17, 15) is 9.18 Å². The number of ether oxygens (including phenoxy) is 1. The Bertz CT molecular complexity index is 1020. The molecule has 6 heteroatoms. The highest BCUT2D eigenvalue weighted by molar-refractivity contribution is 6.30. The van der Waals surface area contributed by atoms with Crippen LogP contribution in [0.25, 0.3) is 0 Å². The first-order chi connectivity index (χ1) is 14.0. The van der Waals surface area contributed by atoms with Crippen molar-refractivity contribution in [3.05, 3.63) is 94.3 Å². The monoisotopic (exact) mass is 410 g/mol. The Labute approximate surface area is 173 Å². The fourth-order valence-corrected chi connectivity index (χ4v) is 3.62. The van der Waals surface area contributed by atoms with Gasteiger partial charge < -0.3 is 15.0 Å². The van der Waals surface area contributed by atoms with E-state index in [0.717, 1.165) is 28.1 Å². The number of methoxy groups -OCH3 is 1. The van der Waals surface area contributed by atoms with E-state index < -0.39 is 6.04 Å². The molecule has 1 heterocycles.